The quantitative estimate of drug-likeness (QED) is 0.800. The SMILES string of the molecule is CC(C)C(NC1=NC2CCCC2CS1)C(N)=O. The summed E-state index contributed by atoms with van der Waals surface area (Å²) in [5.41, 5.74) is 5.40. The fourth-order valence-corrected chi connectivity index (χ4v) is 3.71. The van der Waals surface area contributed by atoms with Crippen LogP contribution in [0.4, 0.5) is 0 Å². The number of thioether (sulfide) groups is 1. The first kappa shape index (κ1) is 12.7. The summed E-state index contributed by atoms with van der Waals surface area (Å²) < 4.78 is 0. The Morgan fingerprint density at radius 3 is 2.94 bits per heavy atom. The van der Waals surface area contributed by atoms with Crippen LogP contribution in [0.2, 0.25) is 0 Å². The lowest BCUT2D eigenvalue weighted by atomic mass is 10.0. The van der Waals surface area contributed by atoms with Crippen molar-refractivity contribution in [2.24, 2.45) is 22.6 Å². The van der Waals surface area contributed by atoms with Gasteiger partial charge in [0.2, 0.25) is 5.91 Å². The standard InChI is InChI=1S/C12H21N3OS/c1-7(2)10(11(13)16)15-12-14-9-5-3-4-8(9)6-17-12/h7-10H,3-6H2,1-2H3,(H2,13,16)(H,14,15). The second-order valence-corrected chi connectivity index (χ2v) is 6.28. The number of nitrogens with zero attached hydrogens (tertiary/aromatic N) is 1. The van der Waals surface area contributed by atoms with Gasteiger partial charge in [0, 0.05) is 5.75 Å². The molecule has 1 saturated carbocycles. The number of hydrogen-bond donors (Lipinski definition) is 2. The maximum Gasteiger partial charge on any atom is 0.240 e. The van der Waals surface area contributed by atoms with Crippen molar-refractivity contribution in [1.82, 2.24) is 5.32 Å². The van der Waals surface area contributed by atoms with Gasteiger partial charge in [-0.15, -0.1) is 0 Å². The first-order chi connectivity index (χ1) is 8.08. The number of hydrogen-bond acceptors (Lipinski definition) is 4. The molecule has 96 valence electrons. The minimum Gasteiger partial charge on any atom is -0.368 e. The number of nitrogens with one attached hydrogen (secondary N) is 1. The summed E-state index contributed by atoms with van der Waals surface area (Å²) in [6.45, 7) is 3.99. The molecule has 2 rings (SSSR count). The molecule has 3 unspecified atom stereocenters. The van der Waals surface area contributed by atoms with E-state index in [1.807, 2.05) is 13.8 Å². The highest BCUT2D eigenvalue weighted by molar-refractivity contribution is 8.13. The summed E-state index contributed by atoms with van der Waals surface area (Å²) >= 11 is 1.73. The summed E-state index contributed by atoms with van der Waals surface area (Å²) in [5, 5.41) is 4.11. The van der Waals surface area contributed by atoms with Gasteiger partial charge in [0.25, 0.3) is 0 Å². The first-order valence-electron chi connectivity index (χ1n) is 6.34. The van der Waals surface area contributed by atoms with Crippen LogP contribution in [0.5, 0.6) is 0 Å². The summed E-state index contributed by atoms with van der Waals surface area (Å²) in [5.74, 6) is 1.77. The van der Waals surface area contributed by atoms with E-state index in [2.05, 4.69) is 5.32 Å². The summed E-state index contributed by atoms with van der Waals surface area (Å²) in [4.78, 5) is 16.0. The number of aliphatic imine (C=N–C) groups is 1. The molecule has 1 amide bonds. The Morgan fingerprint density at radius 1 is 1.53 bits per heavy atom. The van der Waals surface area contributed by atoms with E-state index in [9.17, 15) is 4.79 Å². The molecule has 0 aromatic heterocycles. The van der Waals surface area contributed by atoms with E-state index in [1.165, 1.54) is 19.3 Å². The van der Waals surface area contributed by atoms with Crippen molar-refractivity contribution in [1.29, 1.82) is 0 Å². The largest absolute Gasteiger partial charge is 0.368 e. The molecule has 1 fully saturated rings. The lowest BCUT2D eigenvalue weighted by Gasteiger charge is -2.27. The number of primary amides is 1. The number of amides is 1. The minimum atomic E-state index is -0.306. The van der Waals surface area contributed by atoms with Gasteiger partial charge >= 0.3 is 0 Å². The molecule has 0 aromatic carbocycles. The van der Waals surface area contributed by atoms with Gasteiger partial charge in [0.1, 0.15) is 6.04 Å². The van der Waals surface area contributed by atoms with Crippen molar-refractivity contribution in [3.05, 3.63) is 0 Å². The van der Waals surface area contributed by atoms with Gasteiger partial charge in [0.05, 0.1) is 6.04 Å². The Hall–Kier alpha value is -0.710. The van der Waals surface area contributed by atoms with Crippen LogP contribution in [0.3, 0.4) is 0 Å². The third kappa shape index (κ3) is 2.94. The second-order valence-electron chi connectivity index (χ2n) is 5.27. The lowest BCUT2D eigenvalue weighted by molar-refractivity contribution is -0.120. The third-order valence-electron chi connectivity index (χ3n) is 3.59. The molecule has 0 radical (unpaired) electrons. The van der Waals surface area contributed by atoms with E-state index in [4.69, 9.17) is 10.7 Å². The van der Waals surface area contributed by atoms with Crippen LogP contribution < -0.4 is 11.1 Å². The number of carbonyl (C=O) groups excluding carboxylic acids is 1. The third-order valence-corrected chi connectivity index (χ3v) is 4.68. The van der Waals surface area contributed by atoms with Gasteiger partial charge in [-0.1, -0.05) is 32.0 Å². The van der Waals surface area contributed by atoms with Gasteiger partial charge in [0.15, 0.2) is 5.17 Å². The first-order valence-corrected chi connectivity index (χ1v) is 7.33. The molecule has 5 heteroatoms. The highest BCUT2D eigenvalue weighted by Crippen LogP contribution is 2.35. The zero-order valence-corrected chi connectivity index (χ0v) is 11.3. The molecule has 3 N–H and O–H groups in total. The zero-order valence-electron chi connectivity index (χ0n) is 10.5. The van der Waals surface area contributed by atoms with Crippen LogP contribution in [0.25, 0.3) is 0 Å². The summed E-state index contributed by atoms with van der Waals surface area (Å²) in [6.07, 6.45) is 3.79. The molecule has 4 nitrogen and oxygen atoms in total. The normalized spacial score (nSPS) is 29.7. The van der Waals surface area contributed by atoms with Crippen molar-refractivity contribution < 1.29 is 4.79 Å². The Balaban J connectivity index is 2.00. The molecule has 17 heavy (non-hydrogen) atoms. The Bertz CT molecular complexity index is 330. The fourth-order valence-electron chi connectivity index (χ4n) is 2.53. The Labute approximate surface area is 107 Å². The molecule has 0 spiro atoms. The van der Waals surface area contributed by atoms with Gasteiger partial charge in [-0.25, -0.2) is 0 Å². The van der Waals surface area contributed by atoms with Crippen LogP contribution in [0, 0.1) is 11.8 Å². The van der Waals surface area contributed by atoms with Gasteiger partial charge in [-0.3, -0.25) is 9.79 Å². The average Bonchev–Trinajstić information content (AvgIpc) is 2.71. The van der Waals surface area contributed by atoms with Crippen LogP contribution in [0.15, 0.2) is 4.99 Å². The number of carbonyl (C=O) groups is 1. The van der Waals surface area contributed by atoms with Crippen molar-refractivity contribution in [2.45, 2.75) is 45.2 Å². The van der Waals surface area contributed by atoms with Crippen LogP contribution in [-0.4, -0.2) is 28.9 Å². The number of nitrogens with two attached hydrogens (primary N) is 1. The Kier molecular flexibility index (Phi) is 3.97. The van der Waals surface area contributed by atoms with Gasteiger partial charge < -0.3 is 11.1 Å². The molecule has 0 saturated heterocycles. The van der Waals surface area contributed by atoms with E-state index >= 15 is 0 Å². The van der Waals surface area contributed by atoms with Crippen molar-refractivity contribution >= 4 is 22.8 Å². The smallest absolute Gasteiger partial charge is 0.240 e. The zero-order chi connectivity index (χ0) is 12.4. The molecule has 1 aliphatic heterocycles. The number of rotatable bonds is 3. The second kappa shape index (κ2) is 5.29. The molecular weight excluding hydrogens is 234 g/mol. The molecule has 1 heterocycles. The predicted molar refractivity (Wildman–Crippen MR) is 72.0 cm³/mol. The summed E-state index contributed by atoms with van der Waals surface area (Å²) in [6, 6.07) is 0.165. The maximum atomic E-state index is 11.3. The lowest BCUT2D eigenvalue weighted by Crippen LogP contribution is -2.48. The monoisotopic (exact) mass is 255 g/mol. The van der Waals surface area contributed by atoms with Gasteiger partial charge in [-0.2, -0.15) is 0 Å². The fraction of sp³-hybridized carbons (Fsp3) is 0.833. The van der Waals surface area contributed by atoms with E-state index in [-0.39, 0.29) is 17.9 Å². The van der Waals surface area contributed by atoms with E-state index in [0.29, 0.717) is 6.04 Å². The van der Waals surface area contributed by atoms with Crippen molar-refractivity contribution in [3.8, 4) is 0 Å². The van der Waals surface area contributed by atoms with Crippen LogP contribution in [-0.2, 0) is 4.79 Å². The van der Waals surface area contributed by atoms with Crippen LogP contribution >= 0.6 is 11.8 Å². The molecule has 0 bridgehead atoms. The molecule has 1 aliphatic carbocycles. The highest BCUT2D eigenvalue weighted by Gasteiger charge is 2.32. The van der Waals surface area contributed by atoms with Gasteiger partial charge in [-0.05, 0) is 24.7 Å². The molecule has 2 aliphatic rings. The summed E-state index contributed by atoms with van der Waals surface area (Å²) in [7, 11) is 0. The number of fused-ring (bicyclic) bond motifs is 1. The predicted octanol–water partition coefficient (Wildman–Crippen LogP) is 1.36. The van der Waals surface area contributed by atoms with E-state index in [0.717, 1.165) is 16.8 Å². The Morgan fingerprint density at radius 2 is 2.29 bits per heavy atom. The average molecular weight is 255 g/mol. The number of amidine groups is 1. The van der Waals surface area contributed by atoms with E-state index < -0.39 is 0 Å². The van der Waals surface area contributed by atoms with Crippen molar-refractivity contribution in [3.63, 3.8) is 0 Å². The highest BCUT2D eigenvalue weighted by atomic mass is 32.2. The molecular formula is C12H21N3OS. The topological polar surface area (TPSA) is 67.5 Å². The van der Waals surface area contributed by atoms with Crippen LogP contribution in [0.1, 0.15) is 33.1 Å². The molecule has 3 atom stereocenters. The van der Waals surface area contributed by atoms with E-state index in [1.54, 1.807) is 11.8 Å². The van der Waals surface area contributed by atoms with Crippen molar-refractivity contribution in [2.75, 3.05) is 5.75 Å². The maximum absolute atomic E-state index is 11.3. The minimum absolute atomic E-state index is 0.192. The molecule has 0 aromatic rings.